The van der Waals surface area contributed by atoms with Gasteiger partial charge in [-0.15, -0.1) is 0 Å². The Morgan fingerprint density at radius 1 is 1.10 bits per heavy atom. The minimum atomic E-state index is -0.0102. The van der Waals surface area contributed by atoms with Crippen LogP contribution >= 0.6 is 0 Å². The van der Waals surface area contributed by atoms with Crippen LogP contribution in [0.5, 0.6) is 0 Å². The number of carbonyl (C=O) groups is 1. The standard InChI is InChI=1S/C17H21N3O/c21-17-16-14-8-4-5-9-15(14)18-20(16)11-10-19(17)12-13-6-2-1-3-7-13/h1-3,6-7,10-11,14-16,18H,4-5,8-9,12H2. The highest BCUT2D eigenvalue weighted by Gasteiger charge is 2.47. The van der Waals surface area contributed by atoms with E-state index in [1.165, 1.54) is 24.8 Å². The van der Waals surface area contributed by atoms with Gasteiger partial charge in [-0.1, -0.05) is 43.2 Å². The van der Waals surface area contributed by atoms with Crippen LogP contribution < -0.4 is 5.43 Å². The molecule has 21 heavy (non-hydrogen) atoms. The molecule has 1 aromatic rings. The molecule has 1 aromatic carbocycles. The number of benzene rings is 1. The second-order valence-corrected chi connectivity index (χ2v) is 6.29. The number of carbonyl (C=O) groups excluding carboxylic acids is 1. The number of rotatable bonds is 2. The van der Waals surface area contributed by atoms with Gasteiger partial charge >= 0.3 is 0 Å². The Morgan fingerprint density at radius 2 is 1.90 bits per heavy atom. The van der Waals surface area contributed by atoms with E-state index in [0.29, 0.717) is 18.5 Å². The van der Waals surface area contributed by atoms with Crippen molar-refractivity contribution in [3.8, 4) is 0 Å². The van der Waals surface area contributed by atoms with E-state index >= 15 is 0 Å². The van der Waals surface area contributed by atoms with Gasteiger partial charge in [0.15, 0.2) is 0 Å². The minimum Gasteiger partial charge on any atom is -0.311 e. The Morgan fingerprint density at radius 3 is 2.76 bits per heavy atom. The van der Waals surface area contributed by atoms with Gasteiger partial charge in [0.2, 0.25) is 0 Å². The van der Waals surface area contributed by atoms with Crippen molar-refractivity contribution in [1.82, 2.24) is 15.3 Å². The van der Waals surface area contributed by atoms with Gasteiger partial charge in [0, 0.05) is 24.4 Å². The van der Waals surface area contributed by atoms with Crippen molar-refractivity contribution in [1.29, 1.82) is 0 Å². The summed E-state index contributed by atoms with van der Waals surface area (Å²) in [7, 11) is 0. The van der Waals surface area contributed by atoms with Gasteiger partial charge in [-0.25, -0.2) is 5.43 Å². The molecule has 0 aromatic heterocycles. The molecule has 3 atom stereocenters. The highest BCUT2D eigenvalue weighted by Crippen LogP contribution is 2.36. The molecule has 2 heterocycles. The Labute approximate surface area is 125 Å². The average molecular weight is 283 g/mol. The largest absolute Gasteiger partial charge is 0.311 e. The van der Waals surface area contributed by atoms with E-state index < -0.39 is 0 Å². The lowest BCUT2D eigenvalue weighted by molar-refractivity contribution is -0.136. The van der Waals surface area contributed by atoms with Crippen LogP contribution in [0, 0.1) is 5.92 Å². The molecule has 1 saturated carbocycles. The van der Waals surface area contributed by atoms with E-state index in [9.17, 15) is 4.79 Å². The van der Waals surface area contributed by atoms with Gasteiger partial charge in [0.25, 0.3) is 5.91 Å². The van der Waals surface area contributed by atoms with Crippen LogP contribution in [0.4, 0.5) is 0 Å². The summed E-state index contributed by atoms with van der Waals surface area (Å²) in [5.74, 6) is 0.706. The summed E-state index contributed by atoms with van der Waals surface area (Å²) in [5.41, 5.74) is 4.68. The summed E-state index contributed by atoms with van der Waals surface area (Å²) in [6.07, 6.45) is 8.84. The first-order valence-electron chi connectivity index (χ1n) is 7.90. The monoisotopic (exact) mass is 283 g/mol. The molecule has 3 aliphatic rings. The zero-order chi connectivity index (χ0) is 14.2. The summed E-state index contributed by atoms with van der Waals surface area (Å²) < 4.78 is 0. The van der Waals surface area contributed by atoms with Gasteiger partial charge in [-0.05, 0) is 18.4 Å². The fourth-order valence-electron chi connectivity index (χ4n) is 3.92. The van der Waals surface area contributed by atoms with Gasteiger partial charge < -0.3 is 9.91 Å². The Hall–Kier alpha value is -1.81. The topological polar surface area (TPSA) is 35.6 Å². The highest BCUT2D eigenvalue weighted by atomic mass is 16.2. The van der Waals surface area contributed by atoms with Crippen LogP contribution in [0.15, 0.2) is 42.7 Å². The van der Waals surface area contributed by atoms with Crippen molar-refractivity contribution in [3.63, 3.8) is 0 Å². The fourth-order valence-corrected chi connectivity index (χ4v) is 3.92. The molecular formula is C17H21N3O. The summed E-state index contributed by atoms with van der Waals surface area (Å²) in [6.45, 7) is 0.665. The fraction of sp³-hybridized carbons (Fsp3) is 0.471. The number of nitrogens with zero attached hydrogens (tertiary/aromatic N) is 2. The van der Waals surface area contributed by atoms with Gasteiger partial charge in [0.1, 0.15) is 6.04 Å². The first-order valence-corrected chi connectivity index (χ1v) is 7.90. The van der Waals surface area contributed by atoms with Crippen molar-refractivity contribution >= 4 is 5.91 Å². The lowest BCUT2D eigenvalue weighted by atomic mass is 9.81. The van der Waals surface area contributed by atoms with E-state index in [4.69, 9.17) is 0 Å². The normalized spacial score (nSPS) is 31.2. The maximum absolute atomic E-state index is 12.9. The third kappa shape index (κ3) is 2.23. The van der Waals surface area contributed by atoms with Crippen molar-refractivity contribution in [2.45, 2.75) is 44.3 Å². The van der Waals surface area contributed by atoms with E-state index in [1.807, 2.05) is 40.5 Å². The van der Waals surface area contributed by atoms with Crippen molar-refractivity contribution in [2.75, 3.05) is 0 Å². The molecule has 0 radical (unpaired) electrons. The lowest BCUT2D eigenvalue weighted by Gasteiger charge is -2.34. The number of amides is 1. The quantitative estimate of drug-likeness (QED) is 0.904. The molecule has 1 amide bonds. The summed E-state index contributed by atoms with van der Waals surface area (Å²) in [5, 5.41) is 2.05. The predicted octanol–water partition coefficient (Wildman–Crippen LogP) is 2.25. The second kappa shape index (κ2) is 5.19. The Bertz CT molecular complexity index is 556. The molecular weight excluding hydrogens is 262 g/mol. The summed E-state index contributed by atoms with van der Waals surface area (Å²) >= 11 is 0. The van der Waals surface area contributed by atoms with Crippen LogP contribution in [0.25, 0.3) is 0 Å². The molecule has 2 aliphatic heterocycles. The number of hydrogen-bond acceptors (Lipinski definition) is 3. The van der Waals surface area contributed by atoms with E-state index in [2.05, 4.69) is 17.6 Å². The Balaban J connectivity index is 1.54. The lowest BCUT2D eigenvalue weighted by Crippen LogP contribution is -2.49. The van der Waals surface area contributed by atoms with Crippen LogP contribution in [-0.4, -0.2) is 27.9 Å². The second-order valence-electron chi connectivity index (χ2n) is 6.29. The maximum atomic E-state index is 12.9. The van der Waals surface area contributed by atoms with Crippen LogP contribution in [0.1, 0.15) is 31.2 Å². The molecule has 2 fully saturated rings. The van der Waals surface area contributed by atoms with Gasteiger partial charge in [-0.2, -0.15) is 0 Å². The highest BCUT2D eigenvalue weighted by molar-refractivity contribution is 5.84. The smallest absolute Gasteiger partial charge is 0.251 e. The van der Waals surface area contributed by atoms with Crippen LogP contribution in [0.3, 0.4) is 0 Å². The SMILES string of the molecule is O=C1C2C3CCCCC3NN2C=CN1Cc1ccccc1. The molecule has 0 bridgehead atoms. The number of fused-ring (bicyclic) bond motifs is 3. The molecule has 3 unspecified atom stereocenters. The zero-order valence-electron chi connectivity index (χ0n) is 12.1. The first-order chi connectivity index (χ1) is 10.3. The number of hydrogen-bond donors (Lipinski definition) is 1. The van der Waals surface area contributed by atoms with E-state index in [-0.39, 0.29) is 11.9 Å². The molecule has 1 saturated heterocycles. The van der Waals surface area contributed by atoms with E-state index in [1.54, 1.807) is 0 Å². The van der Waals surface area contributed by atoms with Crippen molar-refractivity contribution < 1.29 is 4.79 Å². The molecule has 4 rings (SSSR count). The molecule has 1 aliphatic carbocycles. The van der Waals surface area contributed by atoms with Crippen molar-refractivity contribution in [2.24, 2.45) is 5.92 Å². The van der Waals surface area contributed by atoms with Gasteiger partial charge in [-0.3, -0.25) is 4.79 Å². The molecule has 1 N–H and O–H groups in total. The third-order valence-corrected chi connectivity index (χ3v) is 4.98. The first kappa shape index (κ1) is 12.9. The average Bonchev–Trinajstić information content (AvgIpc) is 2.90. The maximum Gasteiger partial charge on any atom is 0.251 e. The predicted molar refractivity (Wildman–Crippen MR) is 80.6 cm³/mol. The van der Waals surface area contributed by atoms with Crippen LogP contribution in [0.2, 0.25) is 0 Å². The minimum absolute atomic E-state index is 0.0102. The summed E-state index contributed by atoms with van der Waals surface area (Å²) in [4.78, 5) is 14.7. The van der Waals surface area contributed by atoms with Crippen molar-refractivity contribution in [3.05, 3.63) is 48.3 Å². The van der Waals surface area contributed by atoms with Crippen LogP contribution in [-0.2, 0) is 11.3 Å². The van der Waals surface area contributed by atoms with Gasteiger partial charge in [0.05, 0.1) is 6.54 Å². The number of hydrazine groups is 1. The number of nitrogens with one attached hydrogen (secondary N) is 1. The van der Waals surface area contributed by atoms with E-state index in [0.717, 1.165) is 6.42 Å². The Kier molecular flexibility index (Phi) is 3.19. The molecule has 110 valence electrons. The zero-order valence-corrected chi connectivity index (χ0v) is 12.1. The molecule has 0 spiro atoms. The summed E-state index contributed by atoms with van der Waals surface area (Å²) in [6, 6.07) is 10.7. The third-order valence-electron chi connectivity index (χ3n) is 4.98. The molecule has 4 heteroatoms. The molecule has 4 nitrogen and oxygen atoms in total.